The molecule has 4 nitrogen and oxygen atoms in total. The molecule has 1 atom stereocenters. The number of hydrogen-bond acceptors (Lipinski definition) is 4. The fourth-order valence-electron chi connectivity index (χ4n) is 1.72. The molecule has 1 rings (SSSR count). The first-order valence-corrected chi connectivity index (χ1v) is 6.45. The van der Waals surface area contributed by atoms with Crippen molar-refractivity contribution < 1.29 is 9.53 Å². The van der Waals surface area contributed by atoms with Crippen LogP contribution >= 0.6 is 0 Å². The number of nitrogens with zero attached hydrogens (tertiary/aromatic N) is 2. The van der Waals surface area contributed by atoms with Crippen LogP contribution in [-0.2, 0) is 16.1 Å². The summed E-state index contributed by atoms with van der Waals surface area (Å²) in [6, 6.07) is 4.27. The lowest BCUT2D eigenvalue weighted by molar-refractivity contribution is -0.145. The first-order valence-electron chi connectivity index (χ1n) is 6.45. The summed E-state index contributed by atoms with van der Waals surface area (Å²) in [7, 11) is 0. The second-order valence-corrected chi connectivity index (χ2v) is 4.33. The van der Waals surface area contributed by atoms with Gasteiger partial charge >= 0.3 is 5.97 Å². The van der Waals surface area contributed by atoms with Crippen LogP contribution in [0.3, 0.4) is 0 Å². The van der Waals surface area contributed by atoms with Crippen LogP contribution in [-0.4, -0.2) is 35.0 Å². The van der Waals surface area contributed by atoms with Crippen molar-refractivity contribution in [2.45, 2.75) is 39.8 Å². The molecule has 0 fully saturated rings. The summed E-state index contributed by atoms with van der Waals surface area (Å²) in [5.41, 5.74) is 1.11. The van der Waals surface area contributed by atoms with Crippen LogP contribution in [0.5, 0.6) is 0 Å². The Balaban J connectivity index is 2.64. The molecule has 1 aromatic rings. The van der Waals surface area contributed by atoms with Gasteiger partial charge in [0.05, 0.1) is 13.2 Å². The average Bonchev–Trinajstić information content (AvgIpc) is 2.38. The van der Waals surface area contributed by atoms with Crippen molar-refractivity contribution in [2.24, 2.45) is 0 Å². The Morgan fingerprint density at radius 2 is 2.28 bits per heavy atom. The maximum absolute atomic E-state index is 11.6. The lowest BCUT2D eigenvalue weighted by Crippen LogP contribution is -2.37. The zero-order valence-electron chi connectivity index (χ0n) is 11.4. The number of esters is 1. The number of hydrogen-bond donors (Lipinski definition) is 0. The highest BCUT2D eigenvalue weighted by molar-refractivity contribution is 5.71. The van der Waals surface area contributed by atoms with E-state index in [1.807, 2.05) is 25.3 Å². The van der Waals surface area contributed by atoms with Gasteiger partial charge in [-0.2, -0.15) is 0 Å². The molecule has 0 saturated carbocycles. The summed E-state index contributed by atoms with van der Waals surface area (Å²) in [5.74, 6) is -0.165. The molecule has 0 N–H and O–H groups in total. The Labute approximate surface area is 109 Å². The topological polar surface area (TPSA) is 42.4 Å². The van der Waals surface area contributed by atoms with Gasteiger partial charge in [-0.1, -0.05) is 13.0 Å². The first kappa shape index (κ1) is 14.6. The lowest BCUT2D eigenvalue weighted by Gasteiger charge is -2.27. The van der Waals surface area contributed by atoms with E-state index >= 15 is 0 Å². The Morgan fingerprint density at radius 3 is 2.83 bits per heavy atom. The third-order valence-corrected chi connectivity index (χ3v) is 2.96. The molecule has 0 spiro atoms. The molecule has 0 bridgehead atoms. The zero-order valence-corrected chi connectivity index (χ0v) is 11.4. The Bertz CT molecular complexity index is 354. The van der Waals surface area contributed by atoms with Crippen molar-refractivity contribution in [1.29, 1.82) is 0 Å². The molecule has 0 aromatic carbocycles. The van der Waals surface area contributed by atoms with Crippen molar-refractivity contribution >= 4 is 5.97 Å². The van der Waals surface area contributed by atoms with Crippen LogP contribution in [0.15, 0.2) is 24.5 Å². The van der Waals surface area contributed by atoms with Gasteiger partial charge in [-0.25, -0.2) is 0 Å². The monoisotopic (exact) mass is 250 g/mol. The minimum Gasteiger partial charge on any atom is -0.465 e. The minimum absolute atomic E-state index is 0.165. The highest BCUT2D eigenvalue weighted by Crippen LogP contribution is 2.09. The van der Waals surface area contributed by atoms with Gasteiger partial charge in [0.2, 0.25) is 0 Å². The molecule has 0 aliphatic heterocycles. The smallest absolute Gasteiger partial charge is 0.320 e. The van der Waals surface area contributed by atoms with Crippen molar-refractivity contribution in [3.05, 3.63) is 30.1 Å². The van der Waals surface area contributed by atoms with Gasteiger partial charge in [-0.3, -0.25) is 14.7 Å². The normalized spacial score (nSPS) is 12.4. The molecule has 1 aromatic heterocycles. The second kappa shape index (κ2) is 7.82. The van der Waals surface area contributed by atoms with E-state index in [2.05, 4.69) is 23.7 Å². The molecule has 1 heterocycles. The van der Waals surface area contributed by atoms with Crippen LogP contribution in [0.1, 0.15) is 32.8 Å². The molecule has 0 amide bonds. The summed E-state index contributed by atoms with van der Waals surface area (Å²) in [6.07, 6.45) is 4.59. The van der Waals surface area contributed by atoms with Crippen LogP contribution in [0, 0.1) is 0 Å². The van der Waals surface area contributed by atoms with Crippen molar-refractivity contribution in [3.8, 4) is 0 Å². The standard InChI is InChI=1S/C14H22N2O2/c1-4-12(3)16(11-14(17)18-5-2)10-13-7-6-8-15-9-13/h6-9,12H,4-5,10-11H2,1-3H3/t12-/m0/s1. The molecule has 0 radical (unpaired) electrons. The van der Waals surface area contributed by atoms with Gasteiger partial charge in [0, 0.05) is 25.0 Å². The quantitative estimate of drug-likeness (QED) is 0.696. The molecule has 0 aliphatic rings. The number of rotatable bonds is 7. The molecule has 4 heteroatoms. The molecule has 0 aliphatic carbocycles. The maximum Gasteiger partial charge on any atom is 0.320 e. The number of carbonyl (C=O) groups excluding carboxylic acids is 1. The van der Waals surface area contributed by atoms with E-state index in [1.54, 1.807) is 6.20 Å². The van der Waals surface area contributed by atoms with Crippen LogP contribution in [0.2, 0.25) is 0 Å². The first-order chi connectivity index (χ1) is 8.67. The largest absolute Gasteiger partial charge is 0.465 e. The highest BCUT2D eigenvalue weighted by Gasteiger charge is 2.17. The summed E-state index contributed by atoms with van der Waals surface area (Å²) >= 11 is 0. The van der Waals surface area contributed by atoms with Gasteiger partial charge in [-0.15, -0.1) is 0 Å². The Morgan fingerprint density at radius 1 is 1.50 bits per heavy atom. The van der Waals surface area contributed by atoms with E-state index < -0.39 is 0 Å². The van der Waals surface area contributed by atoms with E-state index in [0.717, 1.165) is 18.5 Å². The van der Waals surface area contributed by atoms with E-state index in [-0.39, 0.29) is 5.97 Å². The molecular weight excluding hydrogens is 228 g/mol. The van der Waals surface area contributed by atoms with Gasteiger partial charge in [-0.05, 0) is 31.9 Å². The number of ether oxygens (including phenoxy) is 1. The number of pyridine rings is 1. The second-order valence-electron chi connectivity index (χ2n) is 4.33. The zero-order chi connectivity index (χ0) is 13.4. The van der Waals surface area contributed by atoms with E-state index in [1.165, 1.54) is 0 Å². The molecule has 0 unspecified atom stereocenters. The highest BCUT2D eigenvalue weighted by atomic mass is 16.5. The number of aromatic nitrogens is 1. The van der Waals surface area contributed by atoms with Gasteiger partial charge in [0.15, 0.2) is 0 Å². The SMILES string of the molecule is CCOC(=O)CN(Cc1cccnc1)[C@@H](C)CC. The van der Waals surface area contributed by atoms with Crippen LogP contribution in [0.4, 0.5) is 0 Å². The van der Waals surface area contributed by atoms with Gasteiger partial charge in [0.1, 0.15) is 0 Å². The third-order valence-electron chi connectivity index (χ3n) is 2.96. The fourth-order valence-corrected chi connectivity index (χ4v) is 1.72. The third kappa shape index (κ3) is 4.84. The summed E-state index contributed by atoms with van der Waals surface area (Å²) in [4.78, 5) is 17.8. The molecular formula is C14H22N2O2. The lowest BCUT2D eigenvalue weighted by atomic mass is 10.2. The molecule has 0 saturated heterocycles. The Hall–Kier alpha value is -1.42. The van der Waals surface area contributed by atoms with E-state index in [0.29, 0.717) is 19.2 Å². The summed E-state index contributed by atoms with van der Waals surface area (Å²) in [5, 5.41) is 0. The van der Waals surface area contributed by atoms with Crippen LogP contribution in [0.25, 0.3) is 0 Å². The predicted octanol–water partition coefficient (Wildman–Crippen LogP) is 2.25. The van der Waals surface area contributed by atoms with E-state index in [4.69, 9.17) is 4.74 Å². The molecule has 100 valence electrons. The predicted molar refractivity (Wildman–Crippen MR) is 71.0 cm³/mol. The summed E-state index contributed by atoms with van der Waals surface area (Å²) < 4.78 is 5.01. The Kier molecular flexibility index (Phi) is 6.36. The molecule has 18 heavy (non-hydrogen) atoms. The van der Waals surface area contributed by atoms with Crippen molar-refractivity contribution in [1.82, 2.24) is 9.88 Å². The van der Waals surface area contributed by atoms with Crippen molar-refractivity contribution in [3.63, 3.8) is 0 Å². The van der Waals surface area contributed by atoms with Crippen molar-refractivity contribution in [2.75, 3.05) is 13.2 Å². The minimum atomic E-state index is -0.165. The van der Waals surface area contributed by atoms with Crippen LogP contribution < -0.4 is 0 Å². The fraction of sp³-hybridized carbons (Fsp3) is 0.571. The summed E-state index contributed by atoms with van der Waals surface area (Å²) in [6.45, 7) is 7.55. The van der Waals surface area contributed by atoms with Gasteiger partial charge in [0.25, 0.3) is 0 Å². The average molecular weight is 250 g/mol. The number of carbonyl (C=O) groups is 1. The maximum atomic E-state index is 11.6. The van der Waals surface area contributed by atoms with E-state index in [9.17, 15) is 4.79 Å². The van der Waals surface area contributed by atoms with Gasteiger partial charge < -0.3 is 4.74 Å².